The second-order valence-electron chi connectivity index (χ2n) is 6.23. The van der Waals surface area contributed by atoms with Gasteiger partial charge < -0.3 is 10.1 Å². The zero-order valence-electron chi connectivity index (χ0n) is 12.6. The van der Waals surface area contributed by atoms with E-state index in [0.717, 1.165) is 24.4 Å². The molecule has 0 bridgehead atoms. The largest absolute Gasteiger partial charge is 0.491 e. The summed E-state index contributed by atoms with van der Waals surface area (Å²) in [5.41, 5.74) is 0.837. The number of benzene rings is 1. The molecule has 0 radical (unpaired) electrons. The lowest BCUT2D eigenvalue weighted by molar-refractivity contribution is 0.240. The van der Waals surface area contributed by atoms with Crippen LogP contribution in [0.2, 0.25) is 0 Å². The molecule has 1 saturated heterocycles. The highest BCUT2D eigenvalue weighted by Crippen LogP contribution is 2.42. The van der Waals surface area contributed by atoms with E-state index in [2.05, 4.69) is 10.0 Å². The van der Waals surface area contributed by atoms with Crippen molar-refractivity contribution in [1.82, 2.24) is 10.0 Å². The Balaban J connectivity index is 1.75. The predicted molar refractivity (Wildman–Crippen MR) is 80.9 cm³/mol. The van der Waals surface area contributed by atoms with E-state index in [-0.39, 0.29) is 12.1 Å². The number of hydrogen-bond donors (Lipinski definition) is 2. The van der Waals surface area contributed by atoms with Crippen molar-refractivity contribution in [3.63, 3.8) is 0 Å². The first-order valence-corrected chi connectivity index (χ1v) is 8.87. The van der Waals surface area contributed by atoms with Gasteiger partial charge in [-0.3, -0.25) is 0 Å². The average Bonchev–Trinajstić information content (AvgIpc) is 2.85. The van der Waals surface area contributed by atoms with Gasteiger partial charge in [0.25, 0.3) is 0 Å². The minimum absolute atomic E-state index is 0.0719. The van der Waals surface area contributed by atoms with Crippen molar-refractivity contribution in [2.24, 2.45) is 11.8 Å². The Morgan fingerprint density at radius 3 is 2.52 bits per heavy atom. The Hall–Kier alpha value is -1.11. The zero-order valence-corrected chi connectivity index (χ0v) is 13.4. The second-order valence-corrected chi connectivity index (χ2v) is 7.94. The normalized spacial score (nSPS) is 27.7. The molecule has 1 aromatic rings. The van der Waals surface area contributed by atoms with E-state index in [1.807, 2.05) is 20.8 Å². The van der Waals surface area contributed by atoms with Crippen molar-refractivity contribution in [2.75, 3.05) is 13.1 Å². The van der Waals surface area contributed by atoms with Crippen LogP contribution in [-0.4, -0.2) is 33.7 Å². The summed E-state index contributed by atoms with van der Waals surface area (Å²) in [7, 11) is -3.44. The second kappa shape index (κ2) is 5.26. The maximum Gasteiger partial charge on any atom is 0.240 e. The lowest BCUT2D eigenvalue weighted by Crippen LogP contribution is -2.32. The van der Waals surface area contributed by atoms with Gasteiger partial charge in [-0.15, -0.1) is 0 Å². The predicted octanol–water partition coefficient (Wildman–Crippen LogP) is 1.28. The van der Waals surface area contributed by atoms with E-state index < -0.39 is 10.0 Å². The minimum Gasteiger partial charge on any atom is -0.491 e. The van der Waals surface area contributed by atoms with Crippen molar-refractivity contribution in [3.05, 3.63) is 23.8 Å². The lowest BCUT2D eigenvalue weighted by atomic mass is 10.2. The van der Waals surface area contributed by atoms with Gasteiger partial charge in [0.1, 0.15) is 5.75 Å². The molecule has 1 aliphatic heterocycles. The van der Waals surface area contributed by atoms with Crippen LogP contribution in [0.3, 0.4) is 0 Å². The Labute approximate surface area is 126 Å². The van der Waals surface area contributed by atoms with Crippen LogP contribution in [0.1, 0.15) is 19.4 Å². The fraction of sp³-hybridized carbons (Fsp3) is 0.600. The van der Waals surface area contributed by atoms with Crippen molar-refractivity contribution >= 4 is 10.0 Å². The first-order chi connectivity index (χ1) is 9.88. The topological polar surface area (TPSA) is 67.4 Å². The van der Waals surface area contributed by atoms with Crippen LogP contribution in [-0.2, 0) is 10.0 Å². The molecular formula is C15H22N2O3S. The number of piperidine rings is 1. The summed E-state index contributed by atoms with van der Waals surface area (Å²) < 4.78 is 33.3. The van der Waals surface area contributed by atoms with Crippen molar-refractivity contribution < 1.29 is 13.2 Å². The highest BCUT2D eigenvalue weighted by molar-refractivity contribution is 7.89. The summed E-state index contributed by atoms with van der Waals surface area (Å²) in [6.45, 7) is 7.60. The van der Waals surface area contributed by atoms with Gasteiger partial charge in [0.05, 0.1) is 11.0 Å². The first kappa shape index (κ1) is 14.8. The molecule has 3 atom stereocenters. The van der Waals surface area contributed by atoms with Gasteiger partial charge in [0.15, 0.2) is 0 Å². The molecule has 1 saturated carbocycles. The molecular weight excluding hydrogens is 288 g/mol. The molecule has 0 aromatic heterocycles. The molecule has 0 amide bonds. The summed E-state index contributed by atoms with van der Waals surface area (Å²) in [5, 5.41) is 3.26. The van der Waals surface area contributed by atoms with Crippen molar-refractivity contribution in [3.8, 4) is 5.75 Å². The molecule has 5 nitrogen and oxygen atoms in total. The van der Waals surface area contributed by atoms with Gasteiger partial charge in [0, 0.05) is 6.04 Å². The van der Waals surface area contributed by atoms with E-state index >= 15 is 0 Å². The summed E-state index contributed by atoms with van der Waals surface area (Å²) in [6.07, 6.45) is 0.0719. The zero-order chi connectivity index (χ0) is 15.2. The Kier molecular flexibility index (Phi) is 3.71. The number of nitrogens with one attached hydrogen (secondary N) is 2. The number of hydrogen-bond acceptors (Lipinski definition) is 4. The maximum atomic E-state index is 12.4. The van der Waals surface area contributed by atoms with Crippen molar-refractivity contribution in [2.45, 2.75) is 37.8 Å². The van der Waals surface area contributed by atoms with E-state index in [0.29, 0.717) is 16.7 Å². The SMILES string of the molecule is Cc1cc(S(=O)(=O)NC2[C@H]3CNC[C@@H]23)ccc1OC(C)C. The van der Waals surface area contributed by atoms with Gasteiger partial charge in [-0.05, 0) is 69.5 Å². The van der Waals surface area contributed by atoms with Gasteiger partial charge in [-0.1, -0.05) is 0 Å². The fourth-order valence-electron chi connectivity index (χ4n) is 3.02. The maximum absolute atomic E-state index is 12.4. The Morgan fingerprint density at radius 1 is 1.29 bits per heavy atom. The molecule has 116 valence electrons. The minimum atomic E-state index is -3.44. The molecule has 6 heteroatoms. The molecule has 2 N–H and O–H groups in total. The summed E-state index contributed by atoms with van der Waals surface area (Å²) >= 11 is 0. The third-order valence-corrected chi connectivity index (χ3v) is 5.66. The summed E-state index contributed by atoms with van der Waals surface area (Å²) in [6, 6.07) is 5.13. The highest BCUT2D eigenvalue weighted by atomic mass is 32.2. The van der Waals surface area contributed by atoms with Crippen LogP contribution in [0.5, 0.6) is 5.75 Å². The van der Waals surface area contributed by atoms with Gasteiger partial charge in [-0.2, -0.15) is 0 Å². The average molecular weight is 310 g/mol. The van der Waals surface area contributed by atoms with E-state index in [1.54, 1.807) is 18.2 Å². The van der Waals surface area contributed by atoms with Gasteiger partial charge >= 0.3 is 0 Å². The number of ether oxygens (including phenoxy) is 1. The number of aryl methyl sites for hydroxylation is 1. The molecule has 21 heavy (non-hydrogen) atoms. The first-order valence-electron chi connectivity index (χ1n) is 7.39. The molecule has 1 aliphatic carbocycles. The van der Waals surface area contributed by atoms with Crippen LogP contribution in [0.4, 0.5) is 0 Å². The Bertz CT molecular complexity index is 632. The van der Waals surface area contributed by atoms with Crippen molar-refractivity contribution in [1.29, 1.82) is 0 Å². The smallest absolute Gasteiger partial charge is 0.240 e. The molecule has 3 rings (SSSR count). The summed E-state index contributed by atoms with van der Waals surface area (Å²) in [5.74, 6) is 1.66. The van der Waals surface area contributed by atoms with E-state index in [4.69, 9.17) is 4.74 Å². The molecule has 1 aromatic carbocycles. The highest BCUT2D eigenvalue weighted by Gasteiger charge is 2.54. The van der Waals surface area contributed by atoms with Gasteiger partial charge in [0.2, 0.25) is 10.0 Å². The number of fused-ring (bicyclic) bond motifs is 1. The molecule has 2 aliphatic rings. The van der Waals surface area contributed by atoms with Crippen LogP contribution in [0.15, 0.2) is 23.1 Å². The van der Waals surface area contributed by atoms with E-state index in [1.165, 1.54) is 0 Å². The molecule has 0 spiro atoms. The van der Waals surface area contributed by atoms with Gasteiger partial charge in [-0.25, -0.2) is 13.1 Å². The Morgan fingerprint density at radius 2 is 1.95 bits per heavy atom. The monoisotopic (exact) mass is 310 g/mol. The number of sulfonamides is 1. The van der Waals surface area contributed by atoms with Crippen LogP contribution in [0.25, 0.3) is 0 Å². The molecule has 2 fully saturated rings. The molecule has 1 heterocycles. The quantitative estimate of drug-likeness (QED) is 0.860. The molecule has 1 unspecified atom stereocenters. The summed E-state index contributed by atoms with van der Waals surface area (Å²) in [4.78, 5) is 0.314. The van der Waals surface area contributed by atoms with E-state index in [9.17, 15) is 8.42 Å². The third kappa shape index (κ3) is 2.93. The standard InChI is InChI=1S/C15H22N2O3S/c1-9(2)20-14-5-4-11(6-10(14)3)21(18,19)17-15-12-7-16-8-13(12)15/h4-6,9,12-13,15-17H,7-8H2,1-3H3/t12-,13+,15?. The van der Waals surface area contributed by atoms with Crippen LogP contribution < -0.4 is 14.8 Å². The fourth-order valence-corrected chi connectivity index (χ4v) is 4.44. The van der Waals surface area contributed by atoms with Crippen LogP contribution in [0, 0.1) is 18.8 Å². The number of rotatable bonds is 5. The van der Waals surface area contributed by atoms with Crippen LogP contribution >= 0.6 is 0 Å². The third-order valence-electron chi connectivity index (χ3n) is 4.20. The lowest BCUT2D eigenvalue weighted by Gasteiger charge is -2.14.